The number of halogens is 7. The molecule has 0 bridgehead atoms. The Morgan fingerprint density at radius 1 is 0.963 bits per heavy atom. The number of carbonyl (C=O) groups excluding carboxylic acids is 1. The van der Waals surface area contributed by atoms with Crippen molar-refractivity contribution in [1.82, 2.24) is 0 Å². The predicted octanol–water partition coefficient (Wildman–Crippen LogP) is 5.18. The maximum absolute atomic E-state index is 14.3. The quantitative estimate of drug-likeness (QED) is 0.573. The van der Waals surface area contributed by atoms with Crippen molar-refractivity contribution in [3.8, 4) is 11.1 Å². The van der Waals surface area contributed by atoms with Crippen LogP contribution in [0.2, 0.25) is 0 Å². The van der Waals surface area contributed by atoms with Gasteiger partial charge in [-0.15, -0.1) is 0 Å². The van der Waals surface area contributed by atoms with Crippen molar-refractivity contribution in [2.45, 2.75) is 31.3 Å². The molecule has 0 saturated carbocycles. The molecule has 2 rings (SSSR count). The Hall–Kier alpha value is -2.42. The van der Waals surface area contributed by atoms with E-state index < -0.39 is 29.3 Å². The molecule has 2 aromatic rings. The van der Waals surface area contributed by atoms with Crippen molar-refractivity contribution < 1.29 is 40.6 Å². The molecule has 2 nitrogen and oxygen atoms in total. The second kappa shape index (κ2) is 6.95. The van der Waals surface area contributed by atoms with E-state index in [1.54, 1.807) is 6.92 Å². The minimum Gasteiger partial charge on any atom is -0.369 e. The van der Waals surface area contributed by atoms with E-state index >= 15 is 0 Å². The van der Waals surface area contributed by atoms with E-state index in [2.05, 4.69) is 0 Å². The van der Waals surface area contributed by atoms with E-state index in [1.807, 2.05) is 0 Å². The van der Waals surface area contributed by atoms with E-state index in [4.69, 9.17) is 0 Å². The Labute approximate surface area is 149 Å². The zero-order valence-electron chi connectivity index (χ0n) is 13.7. The summed E-state index contributed by atoms with van der Waals surface area (Å²) in [6, 6.07) is 4.90. The van der Waals surface area contributed by atoms with Gasteiger partial charge in [0, 0.05) is 16.7 Å². The van der Waals surface area contributed by atoms with Crippen molar-refractivity contribution in [3.05, 3.63) is 58.9 Å². The van der Waals surface area contributed by atoms with Gasteiger partial charge in [0.2, 0.25) is 0 Å². The highest BCUT2D eigenvalue weighted by Gasteiger charge is 2.71. The second-order valence-corrected chi connectivity index (χ2v) is 5.79. The molecule has 9 heteroatoms. The maximum Gasteiger partial charge on any atom is 0.430 e. The summed E-state index contributed by atoms with van der Waals surface area (Å²) in [5, 5.41) is 9.38. The molecule has 0 spiro atoms. The molecule has 1 N–H and O–H groups in total. The Morgan fingerprint density at radius 2 is 1.48 bits per heavy atom. The summed E-state index contributed by atoms with van der Waals surface area (Å²) in [7, 11) is 0. The van der Waals surface area contributed by atoms with E-state index in [0.717, 1.165) is 18.2 Å². The average molecular weight is 394 g/mol. The van der Waals surface area contributed by atoms with Crippen LogP contribution in [0.1, 0.15) is 28.4 Å². The smallest absolute Gasteiger partial charge is 0.369 e. The molecule has 0 radical (unpaired) electrons. The SMILES string of the molecule is CCc1cc(C=O)cc(F)c1-c1ccc(C(O)(C(F)(F)F)C(F)(F)F)cc1. The zero-order chi connectivity index (χ0) is 20.6. The number of benzene rings is 2. The van der Waals surface area contributed by atoms with E-state index in [1.165, 1.54) is 6.07 Å². The highest BCUT2D eigenvalue weighted by molar-refractivity contribution is 5.79. The van der Waals surface area contributed by atoms with Crippen LogP contribution in [0.15, 0.2) is 36.4 Å². The molecular formula is C18H13F7O2. The predicted molar refractivity (Wildman–Crippen MR) is 82.6 cm³/mol. The van der Waals surface area contributed by atoms with Crippen molar-refractivity contribution in [2.75, 3.05) is 0 Å². The first-order chi connectivity index (χ1) is 12.4. The van der Waals surface area contributed by atoms with Crippen LogP contribution in [0.25, 0.3) is 11.1 Å². The Bertz CT molecular complexity index is 823. The molecule has 0 unspecified atom stereocenters. The number of hydrogen-bond acceptors (Lipinski definition) is 2. The van der Waals surface area contributed by atoms with Crippen molar-refractivity contribution in [1.29, 1.82) is 0 Å². The third kappa shape index (κ3) is 3.55. The summed E-state index contributed by atoms with van der Waals surface area (Å²) in [4.78, 5) is 10.8. The van der Waals surface area contributed by atoms with Gasteiger partial charge >= 0.3 is 12.4 Å². The highest BCUT2D eigenvalue weighted by Crippen LogP contribution is 2.50. The van der Waals surface area contributed by atoms with Gasteiger partial charge in [-0.2, -0.15) is 26.3 Å². The van der Waals surface area contributed by atoms with Crippen LogP contribution >= 0.6 is 0 Å². The summed E-state index contributed by atoms with van der Waals surface area (Å²) in [5.74, 6) is -0.842. The molecule has 27 heavy (non-hydrogen) atoms. The third-order valence-corrected chi connectivity index (χ3v) is 4.12. The van der Waals surface area contributed by atoms with Crippen molar-refractivity contribution in [3.63, 3.8) is 0 Å². The highest BCUT2D eigenvalue weighted by atomic mass is 19.4. The molecule has 0 aliphatic heterocycles. The van der Waals surface area contributed by atoms with Crippen LogP contribution in [0.5, 0.6) is 0 Å². The number of aliphatic hydroxyl groups is 1. The monoisotopic (exact) mass is 394 g/mol. The molecule has 0 aliphatic carbocycles. The minimum absolute atomic E-state index is 0.0113. The minimum atomic E-state index is -6.00. The Morgan fingerprint density at radius 3 is 1.89 bits per heavy atom. The van der Waals surface area contributed by atoms with Crippen molar-refractivity contribution in [2.24, 2.45) is 0 Å². The van der Waals surface area contributed by atoms with Crippen LogP contribution in [-0.2, 0) is 12.0 Å². The summed E-state index contributed by atoms with van der Waals surface area (Å²) < 4.78 is 91.8. The molecule has 146 valence electrons. The fraction of sp³-hybridized carbons (Fsp3) is 0.278. The second-order valence-electron chi connectivity index (χ2n) is 5.79. The lowest BCUT2D eigenvalue weighted by Gasteiger charge is -2.32. The largest absolute Gasteiger partial charge is 0.430 e. The summed E-state index contributed by atoms with van der Waals surface area (Å²) >= 11 is 0. The molecule has 0 aromatic heterocycles. The number of aldehydes is 1. The first-order valence-electron chi connectivity index (χ1n) is 7.61. The van der Waals surface area contributed by atoms with Crippen LogP contribution in [0.3, 0.4) is 0 Å². The van der Waals surface area contributed by atoms with Crippen LogP contribution in [-0.4, -0.2) is 23.7 Å². The number of aryl methyl sites for hydroxylation is 1. The summed E-state index contributed by atoms with van der Waals surface area (Å²) in [6.45, 7) is 1.65. The van der Waals surface area contributed by atoms with Gasteiger partial charge in [0.15, 0.2) is 0 Å². The molecule has 0 atom stereocenters. The van der Waals surface area contributed by atoms with Crippen LogP contribution in [0, 0.1) is 5.82 Å². The van der Waals surface area contributed by atoms with E-state index in [9.17, 15) is 40.6 Å². The summed E-state index contributed by atoms with van der Waals surface area (Å²) in [6.07, 6.45) is -11.3. The van der Waals surface area contributed by atoms with Gasteiger partial charge in [-0.05, 0) is 29.7 Å². The maximum atomic E-state index is 14.3. The average Bonchev–Trinajstić information content (AvgIpc) is 2.58. The topological polar surface area (TPSA) is 37.3 Å². The van der Waals surface area contributed by atoms with Gasteiger partial charge in [0.25, 0.3) is 5.60 Å². The molecule has 0 saturated heterocycles. The van der Waals surface area contributed by atoms with Gasteiger partial charge in [-0.3, -0.25) is 4.79 Å². The standard InChI is InChI=1S/C18H13F7O2/c1-2-11-7-10(9-26)8-14(19)15(11)12-3-5-13(6-4-12)16(27,17(20,21)22)18(23,24)25/h3-9,27H,2H2,1H3. The first kappa shape index (κ1) is 20.9. The third-order valence-electron chi connectivity index (χ3n) is 4.12. The number of rotatable bonds is 4. The van der Waals surface area contributed by atoms with E-state index in [-0.39, 0.29) is 23.1 Å². The molecule has 2 aromatic carbocycles. The zero-order valence-corrected chi connectivity index (χ0v) is 13.7. The van der Waals surface area contributed by atoms with Gasteiger partial charge in [-0.1, -0.05) is 31.2 Å². The number of carbonyl (C=O) groups is 1. The molecule has 0 aliphatic rings. The summed E-state index contributed by atoms with van der Waals surface area (Å²) in [5.41, 5.74) is -6.12. The van der Waals surface area contributed by atoms with E-state index in [0.29, 0.717) is 24.0 Å². The van der Waals surface area contributed by atoms with Crippen LogP contribution < -0.4 is 0 Å². The van der Waals surface area contributed by atoms with Gasteiger partial charge in [-0.25, -0.2) is 4.39 Å². The lowest BCUT2D eigenvalue weighted by Crippen LogP contribution is -2.53. The Balaban J connectivity index is 2.60. The fourth-order valence-electron chi connectivity index (χ4n) is 2.72. The number of hydrogen-bond donors (Lipinski definition) is 1. The molecule has 0 fully saturated rings. The first-order valence-corrected chi connectivity index (χ1v) is 7.61. The lowest BCUT2D eigenvalue weighted by molar-refractivity contribution is -0.376. The van der Waals surface area contributed by atoms with Gasteiger partial charge < -0.3 is 5.11 Å². The number of alkyl halides is 6. The molecule has 0 amide bonds. The molecular weight excluding hydrogens is 381 g/mol. The lowest BCUT2D eigenvalue weighted by atomic mass is 9.89. The molecule has 0 heterocycles. The van der Waals surface area contributed by atoms with Gasteiger partial charge in [0.05, 0.1) is 0 Å². The fourth-order valence-corrected chi connectivity index (χ4v) is 2.72. The van der Waals surface area contributed by atoms with Crippen LogP contribution in [0.4, 0.5) is 30.7 Å². The van der Waals surface area contributed by atoms with Crippen molar-refractivity contribution >= 4 is 6.29 Å². The normalized spacial score (nSPS) is 12.9. The van der Waals surface area contributed by atoms with Gasteiger partial charge in [0.1, 0.15) is 12.1 Å². The Kier molecular flexibility index (Phi) is 5.38.